The quantitative estimate of drug-likeness (QED) is 0.847. The van der Waals surface area contributed by atoms with Crippen molar-refractivity contribution in [2.45, 2.75) is 13.0 Å². The number of hydrogen-bond donors (Lipinski definition) is 2. The molecule has 0 aliphatic carbocycles. The van der Waals surface area contributed by atoms with E-state index in [4.69, 9.17) is 11.6 Å². The zero-order valence-corrected chi connectivity index (χ0v) is 14.6. The number of anilines is 1. The van der Waals surface area contributed by atoms with E-state index in [9.17, 15) is 17.6 Å². The number of halogens is 2. The molecule has 0 bridgehead atoms. The Hall–Kier alpha value is -2.12. The Morgan fingerprint density at radius 1 is 1.17 bits per heavy atom. The van der Waals surface area contributed by atoms with Crippen molar-refractivity contribution in [1.29, 1.82) is 0 Å². The van der Waals surface area contributed by atoms with Crippen molar-refractivity contribution in [3.8, 4) is 0 Å². The van der Waals surface area contributed by atoms with Crippen LogP contribution in [0.25, 0.3) is 0 Å². The average molecular weight is 371 g/mol. The molecule has 8 heteroatoms. The third-order valence-corrected chi connectivity index (χ3v) is 4.16. The fourth-order valence-electron chi connectivity index (χ4n) is 2.09. The van der Waals surface area contributed by atoms with Crippen molar-refractivity contribution >= 4 is 33.2 Å². The van der Waals surface area contributed by atoms with Crippen LogP contribution in [0.3, 0.4) is 0 Å². The standard InChI is InChI=1S/C16H16ClFN2O3S/c1-10(11-3-6-13(7-4-11)20-24(2,22)23)19-16(21)14-8-5-12(18)9-15(14)17/h3-10,20H,1-2H3,(H,19,21)/t10-/m1/s1. The van der Waals surface area contributed by atoms with Gasteiger partial charge in [-0.3, -0.25) is 9.52 Å². The Morgan fingerprint density at radius 2 is 1.79 bits per heavy atom. The van der Waals surface area contributed by atoms with E-state index in [1.807, 2.05) is 0 Å². The van der Waals surface area contributed by atoms with Crippen molar-refractivity contribution in [3.63, 3.8) is 0 Å². The molecule has 1 atom stereocenters. The summed E-state index contributed by atoms with van der Waals surface area (Å²) in [5.41, 5.74) is 1.39. The third-order valence-electron chi connectivity index (χ3n) is 3.24. The summed E-state index contributed by atoms with van der Waals surface area (Å²) in [6, 6.07) is 9.82. The Labute approximate surface area is 144 Å². The van der Waals surface area contributed by atoms with E-state index in [0.717, 1.165) is 24.0 Å². The van der Waals surface area contributed by atoms with Gasteiger partial charge in [0, 0.05) is 5.69 Å². The van der Waals surface area contributed by atoms with Crippen LogP contribution in [-0.2, 0) is 10.0 Å². The fourth-order valence-corrected chi connectivity index (χ4v) is 2.90. The molecule has 0 spiro atoms. The average Bonchev–Trinajstić information content (AvgIpc) is 2.45. The molecule has 0 fully saturated rings. The first-order chi connectivity index (χ1) is 11.2. The topological polar surface area (TPSA) is 75.3 Å². The predicted octanol–water partition coefficient (Wildman–Crippen LogP) is 3.34. The van der Waals surface area contributed by atoms with Crippen LogP contribution in [0.15, 0.2) is 42.5 Å². The summed E-state index contributed by atoms with van der Waals surface area (Å²) in [4.78, 5) is 12.2. The molecule has 0 heterocycles. The minimum absolute atomic E-state index is 0.0346. The van der Waals surface area contributed by atoms with Crippen LogP contribution in [0.5, 0.6) is 0 Å². The first-order valence-corrected chi connectivity index (χ1v) is 9.26. The van der Waals surface area contributed by atoms with Gasteiger partial charge in [-0.25, -0.2) is 12.8 Å². The normalized spacial score (nSPS) is 12.5. The van der Waals surface area contributed by atoms with E-state index < -0.39 is 21.7 Å². The second kappa shape index (κ2) is 7.19. The van der Waals surface area contributed by atoms with Crippen LogP contribution in [0.2, 0.25) is 5.02 Å². The zero-order chi connectivity index (χ0) is 17.9. The first kappa shape index (κ1) is 18.2. The summed E-state index contributed by atoms with van der Waals surface area (Å²) in [6.07, 6.45) is 1.07. The van der Waals surface area contributed by atoms with Gasteiger partial charge in [-0.1, -0.05) is 23.7 Å². The molecular formula is C16H16ClFN2O3S. The molecule has 2 N–H and O–H groups in total. The number of carbonyl (C=O) groups excluding carboxylic acids is 1. The minimum atomic E-state index is -3.34. The summed E-state index contributed by atoms with van der Waals surface area (Å²) in [5.74, 6) is -0.940. The minimum Gasteiger partial charge on any atom is -0.345 e. The smallest absolute Gasteiger partial charge is 0.253 e. The van der Waals surface area contributed by atoms with Crippen LogP contribution >= 0.6 is 11.6 Å². The summed E-state index contributed by atoms with van der Waals surface area (Å²) < 4.78 is 37.7. The number of nitrogens with one attached hydrogen (secondary N) is 2. The van der Waals surface area contributed by atoms with Crippen molar-refractivity contribution < 1.29 is 17.6 Å². The van der Waals surface area contributed by atoms with Gasteiger partial charge in [-0.2, -0.15) is 0 Å². The summed E-state index contributed by atoms with van der Waals surface area (Å²) >= 11 is 5.87. The first-order valence-electron chi connectivity index (χ1n) is 6.99. The maximum Gasteiger partial charge on any atom is 0.253 e. The molecule has 24 heavy (non-hydrogen) atoms. The van der Waals surface area contributed by atoms with Gasteiger partial charge in [-0.15, -0.1) is 0 Å². The predicted molar refractivity (Wildman–Crippen MR) is 92.2 cm³/mol. The lowest BCUT2D eigenvalue weighted by atomic mass is 10.1. The van der Waals surface area contributed by atoms with E-state index in [2.05, 4.69) is 10.0 Å². The molecule has 0 saturated heterocycles. The number of carbonyl (C=O) groups is 1. The van der Waals surface area contributed by atoms with Gasteiger partial charge in [0.15, 0.2) is 0 Å². The van der Waals surface area contributed by atoms with E-state index in [1.54, 1.807) is 31.2 Å². The maximum absolute atomic E-state index is 13.0. The van der Waals surface area contributed by atoms with Crippen molar-refractivity contribution in [2.75, 3.05) is 11.0 Å². The van der Waals surface area contributed by atoms with Gasteiger partial charge in [0.1, 0.15) is 5.82 Å². The van der Waals surface area contributed by atoms with Gasteiger partial charge in [-0.05, 0) is 42.8 Å². The number of amides is 1. The van der Waals surface area contributed by atoms with Gasteiger partial charge in [0.2, 0.25) is 10.0 Å². The molecule has 128 valence electrons. The molecule has 0 unspecified atom stereocenters. The lowest BCUT2D eigenvalue weighted by molar-refractivity contribution is 0.0940. The van der Waals surface area contributed by atoms with Gasteiger partial charge >= 0.3 is 0 Å². The van der Waals surface area contributed by atoms with Crippen LogP contribution in [0.1, 0.15) is 28.9 Å². The summed E-state index contributed by atoms with van der Waals surface area (Å²) in [6.45, 7) is 1.77. The van der Waals surface area contributed by atoms with E-state index in [0.29, 0.717) is 5.69 Å². The monoisotopic (exact) mass is 370 g/mol. The van der Waals surface area contributed by atoms with Crippen LogP contribution in [-0.4, -0.2) is 20.6 Å². The summed E-state index contributed by atoms with van der Waals surface area (Å²) in [5, 5.41) is 2.79. The highest BCUT2D eigenvalue weighted by molar-refractivity contribution is 7.92. The number of rotatable bonds is 5. The van der Waals surface area contributed by atoms with E-state index in [1.165, 1.54) is 6.07 Å². The lowest BCUT2D eigenvalue weighted by Gasteiger charge is -2.15. The van der Waals surface area contributed by atoms with Crippen LogP contribution in [0, 0.1) is 5.82 Å². The molecule has 0 aromatic heterocycles. The van der Waals surface area contributed by atoms with E-state index in [-0.39, 0.29) is 16.6 Å². The van der Waals surface area contributed by atoms with E-state index >= 15 is 0 Å². The lowest BCUT2D eigenvalue weighted by Crippen LogP contribution is -2.26. The highest BCUT2D eigenvalue weighted by Gasteiger charge is 2.15. The second-order valence-corrected chi connectivity index (χ2v) is 7.47. The van der Waals surface area contributed by atoms with Gasteiger partial charge < -0.3 is 5.32 Å². The maximum atomic E-state index is 13.0. The van der Waals surface area contributed by atoms with Gasteiger partial charge in [0.05, 0.1) is 22.9 Å². The Morgan fingerprint density at radius 3 is 2.33 bits per heavy atom. The Kier molecular flexibility index (Phi) is 5.46. The number of hydrogen-bond acceptors (Lipinski definition) is 3. The van der Waals surface area contributed by atoms with Crippen LogP contribution < -0.4 is 10.0 Å². The number of sulfonamides is 1. The highest BCUT2D eigenvalue weighted by Crippen LogP contribution is 2.20. The molecule has 2 rings (SSSR count). The highest BCUT2D eigenvalue weighted by atomic mass is 35.5. The third kappa shape index (κ3) is 4.94. The van der Waals surface area contributed by atoms with Crippen LogP contribution in [0.4, 0.5) is 10.1 Å². The van der Waals surface area contributed by atoms with Gasteiger partial charge in [0.25, 0.3) is 5.91 Å². The number of benzene rings is 2. The molecule has 0 radical (unpaired) electrons. The van der Waals surface area contributed by atoms with Crippen molar-refractivity contribution in [3.05, 3.63) is 64.4 Å². The van der Waals surface area contributed by atoms with Crippen molar-refractivity contribution in [1.82, 2.24) is 5.32 Å². The van der Waals surface area contributed by atoms with Crippen molar-refractivity contribution in [2.24, 2.45) is 0 Å². The molecular weight excluding hydrogens is 355 g/mol. The molecule has 1 amide bonds. The molecule has 2 aromatic rings. The zero-order valence-electron chi connectivity index (χ0n) is 13.0. The SMILES string of the molecule is C[C@@H](NC(=O)c1ccc(F)cc1Cl)c1ccc(NS(C)(=O)=O)cc1. The molecule has 0 aliphatic heterocycles. The largest absolute Gasteiger partial charge is 0.345 e. The molecule has 0 aliphatic rings. The Bertz CT molecular complexity index is 854. The summed E-state index contributed by atoms with van der Waals surface area (Å²) in [7, 11) is -3.34. The molecule has 2 aromatic carbocycles. The second-order valence-electron chi connectivity index (χ2n) is 5.32. The molecule has 0 saturated carbocycles. The Balaban J connectivity index is 2.09. The molecule has 5 nitrogen and oxygen atoms in total. The fraction of sp³-hybridized carbons (Fsp3) is 0.188.